The molecule has 2 aromatic carbocycles. The lowest BCUT2D eigenvalue weighted by molar-refractivity contribution is -0.286. The van der Waals surface area contributed by atoms with E-state index in [0.717, 1.165) is 29.9 Å². The standard InChI is InChI=1S/C25H24F2N4O4/c1-14-8-30(11-21(29-14)18-4-5-19-20(15(18)2)12-33-24(19)32)9-16-10-31(13-28-16)17-3-6-22-23(7-17)35-25(26,27)34-22/h3-7,10,13-14,21,29H,8-9,11-12H2,1-2H3/t14-,21-/m0/s1. The van der Waals surface area contributed by atoms with Gasteiger partial charge >= 0.3 is 12.3 Å². The molecule has 6 rings (SSSR count). The number of carbonyl (C=O) groups excluding carboxylic acids is 1. The first kappa shape index (κ1) is 22.0. The molecule has 35 heavy (non-hydrogen) atoms. The fraction of sp³-hybridized carbons (Fsp3) is 0.360. The zero-order valence-corrected chi connectivity index (χ0v) is 19.3. The van der Waals surface area contributed by atoms with Crippen LogP contribution in [0.4, 0.5) is 8.78 Å². The number of aromatic nitrogens is 2. The van der Waals surface area contributed by atoms with Crippen molar-refractivity contribution in [3.63, 3.8) is 0 Å². The average molecular weight is 482 g/mol. The monoisotopic (exact) mass is 482 g/mol. The van der Waals surface area contributed by atoms with Gasteiger partial charge in [-0.15, -0.1) is 8.78 Å². The van der Waals surface area contributed by atoms with Gasteiger partial charge in [-0.05, 0) is 43.2 Å². The number of cyclic esters (lactones) is 1. The third-order valence-corrected chi connectivity index (χ3v) is 6.75. The number of ether oxygens (including phenoxy) is 3. The van der Waals surface area contributed by atoms with Crippen molar-refractivity contribution in [3.8, 4) is 17.2 Å². The summed E-state index contributed by atoms with van der Waals surface area (Å²) in [5, 5.41) is 3.67. The Morgan fingerprint density at radius 1 is 1.17 bits per heavy atom. The number of piperazine rings is 1. The van der Waals surface area contributed by atoms with E-state index in [1.165, 1.54) is 17.7 Å². The first-order valence-corrected chi connectivity index (χ1v) is 11.5. The number of benzene rings is 2. The molecule has 3 aliphatic rings. The Hall–Kier alpha value is -3.50. The number of hydrogen-bond donors (Lipinski definition) is 1. The summed E-state index contributed by atoms with van der Waals surface area (Å²) in [4.78, 5) is 18.8. The van der Waals surface area contributed by atoms with Crippen LogP contribution in [0.3, 0.4) is 0 Å². The first-order chi connectivity index (χ1) is 16.8. The van der Waals surface area contributed by atoms with Crippen LogP contribution in [0, 0.1) is 6.92 Å². The van der Waals surface area contributed by atoms with Crippen molar-refractivity contribution >= 4 is 5.97 Å². The molecule has 3 aromatic rings. The molecule has 1 fully saturated rings. The summed E-state index contributed by atoms with van der Waals surface area (Å²) in [6, 6.07) is 8.91. The van der Waals surface area contributed by atoms with Crippen LogP contribution in [-0.2, 0) is 17.9 Å². The summed E-state index contributed by atoms with van der Waals surface area (Å²) in [5.74, 6) is -0.246. The van der Waals surface area contributed by atoms with E-state index >= 15 is 0 Å². The third kappa shape index (κ3) is 4.02. The quantitative estimate of drug-likeness (QED) is 0.568. The molecule has 0 amide bonds. The predicted molar refractivity (Wildman–Crippen MR) is 121 cm³/mol. The van der Waals surface area contributed by atoms with Gasteiger partial charge in [0.2, 0.25) is 0 Å². The number of nitrogens with zero attached hydrogens (tertiary/aromatic N) is 3. The van der Waals surface area contributed by atoms with Crippen LogP contribution in [0.5, 0.6) is 11.5 Å². The molecule has 1 aromatic heterocycles. The molecule has 0 spiro atoms. The minimum absolute atomic E-state index is 0.00154. The second-order valence-electron chi connectivity index (χ2n) is 9.27. The highest BCUT2D eigenvalue weighted by molar-refractivity contribution is 5.94. The number of rotatable bonds is 4. The zero-order valence-electron chi connectivity index (χ0n) is 19.3. The van der Waals surface area contributed by atoms with Gasteiger partial charge in [-0.2, -0.15) is 0 Å². The molecular weight excluding hydrogens is 458 g/mol. The number of alkyl halides is 2. The SMILES string of the molecule is Cc1c([C@@H]2CN(Cc3cn(-c4ccc5c(c4)OC(F)(F)O5)cn3)C[C@H](C)N2)ccc2c1COC2=O. The molecule has 182 valence electrons. The van der Waals surface area contributed by atoms with Gasteiger partial charge in [0.15, 0.2) is 11.5 Å². The molecule has 10 heteroatoms. The topological polar surface area (TPSA) is 77.8 Å². The maximum atomic E-state index is 13.3. The van der Waals surface area contributed by atoms with Crippen molar-refractivity contribution in [2.24, 2.45) is 0 Å². The Morgan fingerprint density at radius 3 is 2.86 bits per heavy atom. The van der Waals surface area contributed by atoms with Gasteiger partial charge in [-0.1, -0.05) is 6.07 Å². The van der Waals surface area contributed by atoms with E-state index in [4.69, 9.17) is 4.74 Å². The largest absolute Gasteiger partial charge is 0.586 e. The Bertz CT molecular complexity index is 1320. The molecule has 0 radical (unpaired) electrons. The van der Waals surface area contributed by atoms with Crippen molar-refractivity contribution in [2.75, 3.05) is 13.1 Å². The minimum atomic E-state index is -3.64. The maximum absolute atomic E-state index is 13.3. The summed E-state index contributed by atoms with van der Waals surface area (Å²) in [7, 11) is 0. The molecule has 0 unspecified atom stereocenters. The van der Waals surface area contributed by atoms with Crippen molar-refractivity contribution in [3.05, 3.63) is 70.8 Å². The third-order valence-electron chi connectivity index (χ3n) is 6.75. The summed E-state index contributed by atoms with van der Waals surface area (Å²) in [6.07, 6.45) is -0.0902. The second kappa shape index (κ2) is 8.03. The van der Waals surface area contributed by atoms with E-state index in [0.29, 0.717) is 24.4 Å². The molecule has 0 bridgehead atoms. The Morgan fingerprint density at radius 2 is 2.00 bits per heavy atom. The molecule has 4 heterocycles. The number of nitrogens with one attached hydrogen (secondary N) is 1. The Kier molecular flexibility index (Phi) is 5.05. The van der Waals surface area contributed by atoms with E-state index in [1.807, 2.05) is 25.3 Å². The lowest BCUT2D eigenvalue weighted by atomic mass is 9.92. The Balaban J connectivity index is 1.18. The lowest BCUT2D eigenvalue weighted by Gasteiger charge is -2.38. The van der Waals surface area contributed by atoms with Crippen molar-refractivity contribution < 1.29 is 27.8 Å². The van der Waals surface area contributed by atoms with Crippen molar-refractivity contribution in [1.82, 2.24) is 19.8 Å². The fourth-order valence-electron chi connectivity index (χ4n) is 5.15. The van der Waals surface area contributed by atoms with Gasteiger partial charge in [-0.25, -0.2) is 9.78 Å². The predicted octanol–water partition coefficient (Wildman–Crippen LogP) is 3.71. The number of halogens is 2. The van der Waals surface area contributed by atoms with Gasteiger partial charge in [0.1, 0.15) is 6.61 Å². The summed E-state index contributed by atoms with van der Waals surface area (Å²) in [5.41, 5.74) is 5.41. The summed E-state index contributed by atoms with van der Waals surface area (Å²) >= 11 is 0. The van der Waals surface area contributed by atoms with Crippen molar-refractivity contribution in [2.45, 2.75) is 45.4 Å². The average Bonchev–Trinajstić information content (AvgIpc) is 3.49. The molecule has 1 saturated heterocycles. The van der Waals surface area contributed by atoms with E-state index in [9.17, 15) is 13.6 Å². The van der Waals surface area contributed by atoms with Crippen molar-refractivity contribution in [1.29, 1.82) is 0 Å². The van der Waals surface area contributed by atoms with Gasteiger partial charge in [0.05, 0.1) is 23.3 Å². The van der Waals surface area contributed by atoms with Crippen LogP contribution >= 0.6 is 0 Å². The van der Waals surface area contributed by atoms with Crippen LogP contribution in [0.1, 0.15) is 45.7 Å². The molecule has 1 N–H and O–H groups in total. The summed E-state index contributed by atoms with van der Waals surface area (Å²) in [6.45, 7) is 6.80. The maximum Gasteiger partial charge on any atom is 0.586 e. The highest BCUT2D eigenvalue weighted by Gasteiger charge is 2.43. The van der Waals surface area contributed by atoms with E-state index in [2.05, 4.69) is 31.6 Å². The molecule has 8 nitrogen and oxygen atoms in total. The number of carbonyl (C=O) groups is 1. The highest BCUT2D eigenvalue weighted by atomic mass is 19.3. The summed E-state index contributed by atoms with van der Waals surface area (Å²) < 4.78 is 42.7. The van der Waals surface area contributed by atoms with Crippen LogP contribution in [-0.4, -0.2) is 45.8 Å². The van der Waals surface area contributed by atoms with Crippen LogP contribution in [0.25, 0.3) is 5.69 Å². The van der Waals surface area contributed by atoms with E-state index in [1.54, 1.807) is 17.0 Å². The zero-order chi connectivity index (χ0) is 24.3. The van der Waals surface area contributed by atoms with Crippen LogP contribution in [0.2, 0.25) is 0 Å². The molecule has 0 saturated carbocycles. The molecule has 0 aliphatic carbocycles. The van der Waals surface area contributed by atoms with Gasteiger partial charge in [0.25, 0.3) is 0 Å². The van der Waals surface area contributed by atoms with Gasteiger partial charge in [0, 0.05) is 49.5 Å². The fourth-order valence-corrected chi connectivity index (χ4v) is 5.15. The van der Waals surface area contributed by atoms with Gasteiger partial charge < -0.3 is 24.1 Å². The number of fused-ring (bicyclic) bond motifs is 2. The lowest BCUT2D eigenvalue weighted by Crippen LogP contribution is -2.50. The first-order valence-electron chi connectivity index (χ1n) is 11.5. The van der Waals surface area contributed by atoms with E-state index in [-0.39, 0.29) is 29.6 Å². The highest BCUT2D eigenvalue weighted by Crippen LogP contribution is 2.41. The van der Waals surface area contributed by atoms with Gasteiger partial charge in [-0.3, -0.25) is 4.90 Å². The number of hydrogen-bond acceptors (Lipinski definition) is 7. The normalized spacial score (nSPS) is 22.8. The number of imidazole rings is 1. The molecule has 3 aliphatic heterocycles. The minimum Gasteiger partial charge on any atom is -0.457 e. The van der Waals surface area contributed by atoms with E-state index < -0.39 is 6.29 Å². The molecule has 2 atom stereocenters. The van der Waals surface area contributed by atoms with Crippen LogP contribution < -0.4 is 14.8 Å². The smallest absolute Gasteiger partial charge is 0.457 e. The number of esters is 1. The molecular formula is C25H24F2N4O4. The van der Waals surface area contributed by atoms with Crippen LogP contribution in [0.15, 0.2) is 42.9 Å². The second-order valence-corrected chi connectivity index (χ2v) is 9.27. The Labute approximate surface area is 200 Å².